The number of unbranched alkanes of at least 4 members (excludes halogenated alkanes) is 39. The molecule has 0 bridgehead atoms. The first-order valence-corrected chi connectivity index (χ1v) is 37.3. The standard InChI is InChI=1S/C74H137N2O7P/c1-7-10-13-16-19-22-25-28-30-32-34-35-36-37-38-39-40-41-43-44-46-48-51-54-57-60-63-66-73(77)75-71(70-82-84(79,80)81-69-68-76(4,5)6)72(65-62-59-56-53-50-27-24-21-18-15-12-9-3)83-74(78)67-64-61-58-55-52-49-47-45-42-33-31-29-26-23-20-17-14-11-8-2/h20,23,28-31,42,45,49,52,62,65,71-72H,7-19,21-22,24-27,32-41,43-44,46-48,50-51,53-61,63-64,66-70H2,1-6H3,(H-,75,77,79,80)/p+1/b23-20-,30-28+,31-29-,45-42-,52-49-,65-62-. The molecular weight excluding hydrogens is 1060 g/mol. The lowest BCUT2D eigenvalue weighted by Crippen LogP contribution is -2.47. The van der Waals surface area contributed by atoms with Crippen LogP contribution in [-0.2, 0) is 27.9 Å². The van der Waals surface area contributed by atoms with Crippen molar-refractivity contribution in [2.75, 3.05) is 40.9 Å². The number of allylic oxidation sites excluding steroid dienone is 11. The molecular formula is C74H138N2O7P+. The van der Waals surface area contributed by atoms with Crippen LogP contribution in [0.25, 0.3) is 0 Å². The summed E-state index contributed by atoms with van der Waals surface area (Å²) in [6.45, 7) is 6.99. The highest BCUT2D eigenvalue weighted by atomic mass is 31.2. The van der Waals surface area contributed by atoms with Crippen molar-refractivity contribution in [1.29, 1.82) is 0 Å². The van der Waals surface area contributed by atoms with Crippen LogP contribution < -0.4 is 5.32 Å². The lowest BCUT2D eigenvalue weighted by atomic mass is 10.0. The van der Waals surface area contributed by atoms with Gasteiger partial charge in [0.2, 0.25) is 5.91 Å². The summed E-state index contributed by atoms with van der Waals surface area (Å²) in [4.78, 5) is 37.9. The van der Waals surface area contributed by atoms with Gasteiger partial charge < -0.3 is 19.4 Å². The Morgan fingerprint density at radius 1 is 0.417 bits per heavy atom. The Bertz CT molecular complexity index is 1670. The fourth-order valence-corrected chi connectivity index (χ4v) is 11.1. The molecule has 0 rings (SSSR count). The van der Waals surface area contributed by atoms with Gasteiger partial charge >= 0.3 is 13.8 Å². The predicted octanol–water partition coefficient (Wildman–Crippen LogP) is 22.7. The van der Waals surface area contributed by atoms with E-state index in [1.54, 1.807) is 0 Å². The number of phosphoric ester groups is 1. The Kier molecular flexibility index (Phi) is 61.5. The highest BCUT2D eigenvalue weighted by Crippen LogP contribution is 2.43. The molecule has 0 aliphatic rings. The van der Waals surface area contributed by atoms with Crippen LogP contribution in [0.5, 0.6) is 0 Å². The number of nitrogens with zero attached hydrogens (tertiary/aromatic N) is 1. The number of nitrogens with one attached hydrogen (secondary N) is 1. The number of ether oxygens (including phenoxy) is 1. The smallest absolute Gasteiger partial charge is 0.456 e. The molecule has 0 aromatic carbocycles. The van der Waals surface area contributed by atoms with E-state index in [4.69, 9.17) is 13.8 Å². The topological polar surface area (TPSA) is 111 Å². The second kappa shape index (κ2) is 63.5. The largest absolute Gasteiger partial charge is 0.472 e. The van der Waals surface area contributed by atoms with E-state index in [1.807, 2.05) is 33.3 Å². The van der Waals surface area contributed by atoms with E-state index in [2.05, 4.69) is 86.8 Å². The Balaban J connectivity index is 5.05. The molecule has 2 N–H and O–H groups in total. The normalized spacial score (nSPS) is 13.9. The van der Waals surface area contributed by atoms with Crippen LogP contribution in [0, 0.1) is 0 Å². The van der Waals surface area contributed by atoms with Crippen molar-refractivity contribution >= 4 is 19.7 Å². The lowest BCUT2D eigenvalue weighted by Gasteiger charge is -2.27. The fourth-order valence-electron chi connectivity index (χ4n) is 10.3. The maximum absolute atomic E-state index is 13.6. The van der Waals surface area contributed by atoms with Gasteiger partial charge in [0.15, 0.2) is 0 Å². The van der Waals surface area contributed by atoms with E-state index in [0.29, 0.717) is 23.9 Å². The summed E-state index contributed by atoms with van der Waals surface area (Å²) in [5.74, 6) is -0.531. The number of quaternary nitrogens is 1. The Hall–Kier alpha value is -2.55. The van der Waals surface area contributed by atoms with E-state index in [9.17, 15) is 19.0 Å². The number of amides is 1. The summed E-state index contributed by atoms with van der Waals surface area (Å²) in [7, 11) is 1.48. The maximum Gasteiger partial charge on any atom is 0.472 e. The zero-order valence-corrected chi connectivity index (χ0v) is 57.0. The number of hydrogen-bond donors (Lipinski definition) is 2. The number of carbonyl (C=O) groups is 2. The zero-order chi connectivity index (χ0) is 61.4. The molecule has 10 heteroatoms. The maximum atomic E-state index is 13.6. The molecule has 0 saturated heterocycles. The van der Waals surface area contributed by atoms with E-state index < -0.39 is 20.0 Å². The quantitative estimate of drug-likeness (QED) is 0.0205. The van der Waals surface area contributed by atoms with E-state index in [1.165, 1.54) is 218 Å². The van der Waals surface area contributed by atoms with Gasteiger partial charge in [-0.1, -0.05) is 293 Å². The third-order valence-corrected chi connectivity index (χ3v) is 16.9. The first-order chi connectivity index (χ1) is 40.9. The summed E-state index contributed by atoms with van der Waals surface area (Å²) >= 11 is 0. The molecule has 0 aliphatic heterocycles. The first-order valence-electron chi connectivity index (χ1n) is 35.8. The summed E-state index contributed by atoms with van der Waals surface area (Å²) in [6.07, 6.45) is 83.5. The molecule has 0 radical (unpaired) electrons. The van der Waals surface area contributed by atoms with Gasteiger partial charge in [-0.15, -0.1) is 0 Å². The first kappa shape index (κ1) is 81.5. The molecule has 0 heterocycles. The van der Waals surface area contributed by atoms with Crippen molar-refractivity contribution < 1.29 is 37.3 Å². The summed E-state index contributed by atoms with van der Waals surface area (Å²) in [5, 5.41) is 3.06. The average molecular weight is 1200 g/mol. The molecule has 0 saturated carbocycles. The van der Waals surface area contributed by atoms with Crippen molar-refractivity contribution in [2.24, 2.45) is 0 Å². The molecule has 3 atom stereocenters. The predicted molar refractivity (Wildman–Crippen MR) is 365 cm³/mol. The molecule has 490 valence electrons. The second-order valence-electron chi connectivity index (χ2n) is 25.4. The molecule has 1 amide bonds. The van der Waals surface area contributed by atoms with Crippen LogP contribution in [-0.4, -0.2) is 74.3 Å². The second-order valence-corrected chi connectivity index (χ2v) is 26.9. The average Bonchev–Trinajstić information content (AvgIpc) is 3.65. The van der Waals surface area contributed by atoms with Gasteiger partial charge in [0.1, 0.15) is 19.3 Å². The molecule has 0 aliphatic carbocycles. The molecule has 84 heavy (non-hydrogen) atoms. The van der Waals surface area contributed by atoms with Gasteiger partial charge in [-0.25, -0.2) is 4.57 Å². The van der Waals surface area contributed by atoms with E-state index in [-0.39, 0.29) is 31.5 Å². The van der Waals surface area contributed by atoms with E-state index in [0.717, 1.165) is 77.0 Å². The number of esters is 1. The van der Waals surface area contributed by atoms with Gasteiger partial charge in [-0.3, -0.25) is 18.6 Å². The number of rotatable bonds is 65. The van der Waals surface area contributed by atoms with Gasteiger partial charge in [-0.05, 0) is 102 Å². The minimum Gasteiger partial charge on any atom is -0.456 e. The molecule has 0 aromatic rings. The number of carbonyl (C=O) groups excluding carboxylic acids is 2. The van der Waals surface area contributed by atoms with Gasteiger partial charge in [-0.2, -0.15) is 0 Å². The van der Waals surface area contributed by atoms with Crippen LogP contribution in [0.2, 0.25) is 0 Å². The van der Waals surface area contributed by atoms with Crippen molar-refractivity contribution in [1.82, 2.24) is 5.32 Å². The van der Waals surface area contributed by atoms with Gasteiger partial charge in [0, 0.05) is 12.8 Å². The minimum absolute atomic E-state index is 0.0340. The number of likely N-dealkylation sites (N-methyl/N-ethyl adjacent to an activating group) is 1. The van der Waals surface area contributed by atoms with Crippen molar-refractivity contribution in [2.45, 2.75) is 348 Å². The third kappa shape index (κ3) is 63.9. The van der Waals surface area contributed by atoms with Crippen LogP contribution in [0.15, 0.2) is 72.9 Å². The summed E-state index contributed by atoms with van der Waals surface area (Å²) in [5.41, 5.74) is 0. The monoisotopic (exact) mass is 1200 g/mol. The minimum atomic E-state index is -4.46. The summed E-state index contributed by atoms with van der Waals surface area (Å²) < 4.78 is 30.8. The number of hydrogen-bond acceptors (Lipinski definition) is 6. The van der Waals surface area contributed by atoms with Crippen LogP contribution in [0.4, 0.5) is 0 Å². The zero-order valence-electron chi connectivity index (χ0n) is 56.1. The SMILES string of the molecule is CCCCC/C=C\C/C=C\C/C=C\C/C=C\CCCCCC(=O)OC(/C=C\CCCCCCCCCCCC)C(COP(=O)(O)OCC[N+](C)(C)C)NC(=O)CCCCCCCCCCCCCCCCCCC/C=C/CCCCCCCC. The molecule has 0 spiro atoms. The van der Waals surface area contributed by atoms with Gasteiger partial charge in [0.05, 0.1) is 33.8 Å². The fraction of sp³-hybridized carbons (Fsp3) is 0.811. The third-order valence-electron chi connectivity index (χ3n) is 15.9. The van der Waals surface area contributed by atoms with Crippen LogP contribution >= 0.6 is 7.82 Å². The van der Waals surface area contributed by atoms with Crippen LogP contribution in [0.1, 0.15) is 335 Å². The van der Waals surface area contributed by atoms with Crippen molar-refractivity contribution in [3.63, 3.8) is 0 Å². The Labute approximate surface area is 521 Å². The molecule has 0 fully saturated rings. The van der Waals surface area contributed by atoms with Crippen LogP contribution in [0.3, 0.4) is 0 Å². The van der Waals surface area contributed by atoms with Crippen molar-refractivity contribution in [3.05, 3.63) is 72.9 Å². The van der Waals surface area contributed by atoms with E-state index >= 15 is 0 Å². The van der Waals surface area contributed by atoms with Gasteiger partial charge in [0.25, 0.3) is 0 Å². The number of phosphoric acid groups is 1. The Morgan fingerprint density at radius 3 is 1.13 bits per heavy atom. The molecule has 9 nitrogen and oxygen atoms in total. The Morgan fingerprint density at radius 2 is 0.726 bits per heavy atom. The highest BCUT2D eigenvalue weighted by Gasteiger charge is 2.30. The molecule has 3 unspecified atom stereocenters. The van der Waals surface area contributed by atoms with Crippen molar-refractivity contribution in [3.8, 4) is 0 Å². The summed E-state index contributed by atoms with van der Waals surface area (Å²) in [6, 6.07) is -0.864. The lowest BCUT2D eigenvalue weighted by molar-refractivity contribution is -0.870. The molecule has 0 aromatic heterocycles. The highest BCUT2D eigenvalue weighted by molar-refractivity contribution is 7.47.